The summed E-state index contributed by atoms with van der Waals surface area (Å²) in [6, 6.07) is 3.93. The van der Waals surface area contributed by atoms with Crippen LogP contribution in [0.15, 0.2) is 12.1 Å². The summed E-state index contributed by atoms with van der Waals surface area (Å²) >= 11 is 1.58. The molecular weight excluding hydrogens is 208 g/mol. The highest BCUT2D eigenvalue weighted by atomic mass is 32.1. The van der Waals surface area contributed by atoms with E-state index in [1.54, 1.807) is 16.2 Å². The van der Waals surface area contributed by atoms with Gasteiger partial charge in [0.25, 0.3) is 5.91 Å². The van der Waals surface area contributed by atoms with Crippen LogP contribution in [0.5, 0.6) is 0 Å². The average molecular weight is 226 g/mol. The third kappa shape index (κ3) is 3.32. The summed E-state index contributed by atoms with van der Waals surface area (Å²) in [5, 5.41) is 0. The van der Waals surface area contributed by atoms with E-state index in [-0.39, 0.29) is 5.91 Å². The molecule has 2 N–H and O–H groups in total. The number of nitrogens with zero attached hydrogens (tertiary/aromatic N) is 1. The van der Waals surface area contributed by atoms with Crippen LogP contribution < -0.4 is 5.73 Å². The van der Waals surface area contributed by atoms with Gasteiger partial charge >= 0.3 is 0 Å². The summed E-state index contributed by atoms with van der Waals surface area (Å²) in [6.07, 6.45) is 1.85. The molecule has 0 saturated carbocycles. The molecule has 84 valence electrons. The largest absolute Gasteiger partial charge is 0.341 e. The van der Waals surface area contributed by atoms with E-state index in [1.165, 1.54) is 4.88 Å². The maximum absolute atomic E-state index is 11.9. The Morgan fingerprint density at radius 1 is 1.53 bits per heavy atom. The van der Waals surface area contributed by atoms with Crippen molar-refractivity contribution in [2.24, 2.45) is 5.73 Å². The number of thiophene rings is 1. The Labute approximate surface area is 94.9 Å². The molecule has 0 fully saturated rings. The molecular formula is C11H18N2OS. The maximum Gasteiger partial charge on any atom is 0.263 e. The lowest BCUT2D eigenvalue weighted by molar-refractivity contribution is 0.0799. The van der Waals surface area contributed by atoms with E-state index >= 15 is 0 Å². The Bertz CT molecular complexity index is 322. The molecule has 0 radical (unpaired) electrons. The molecule has 0 aliphatic rings. The third-order valence-corrected chi connectivity index (χ3v) is 3.48. The minimum Gasteiger partial charge on any atom is -0.341 e. The fraction of sp³-hybridized carbons (Fsp3) is 0.545. The predicted molar refractivity (Wildman–Crippen MR) is 64.3 cm³/mol. The third-order valence-electron chi connectivity index (χ3n) is 2.27. The van der Waals surface area contributed by atoms with Crippen molar-refractivity contribution in [1.29, 1.82) is 0 Å². The van der Waals surface area contributed by atoms with Crippen molar-refractivity contribution in [2.45, 2.75) is 19.8 Å². The van der Waals surface area contributed by atoms with E-state index in [0.717, 1.165) is 24.3 Å². The smallest absolute Gasteiger partial charge is 0.263 e. The number of nitrogens with two attached hydrogens (primary N) is 1. The lowest BCUT2D eigenvalue weighted by Gasteiger charge is -2.15. The van der Waals surface area contributed by atoms with Gasteiger partial charge in [-0.2, -0.15) is 0 Å². The number of amides is 1. The zero-order valence-corrected chi connectivity index (χ0v) is 10.1. The SMILES string of the molecule is CCc1ccc(C(=O)N(C)CCCN)s1. The fourth-order valence-corrected chi connectivity index (χ4v) is 2.24. The zero-order valence-electron chi connectivity index (χ0n) is 9.32. The quantitative estimate of drug-likeness (QED) is 0.831. The van der Waals surface area contributed by atoms with Crippen LogP contribution >= 0.6 is 11.3 Å². The van der Waals surface area contributed by atoms with Crippen LogP contribution in [0, 0.1) is 0 Å². The van der Waals surface area contributed by atoms with Gasteiger partial charge in [-0.3, -0.25) is 4.79 Å². The zero-order chi connectivity index (χ0) is 11.3. The van der Waals surface area contributed by atoms with Crippen LogP contribution in [0.3, 0.4) is 0 Å². The molecule has 1 rings (SSSR count). The Hall–Kier alpha value is -0.870. The number of rotatable bonds is 5. The standard InChI is InChI=1S/C11H18N2OS/c1-3-9-5-6-10(15-9)11(14)13(2)8-4-7-12/h5-6H,3-4,7-8,12H2,1-2H3. The molecule has 0 aliphatic carbocycles. The number of carbonyl (C=O) groups is 1. The van der Waals surface area contributed by atoms with Crippen molar-refractivity contribution in [3.8, 4) is 0 Å². The maximum atomic E-state index is 11.9. The Morgan fingerprint density at radius 2 is 2.27 bits per heavy atom. The van der Waals surface area contributed by atoms with Crippen LogP contribution in [-0.4, -0.2) is 30.9 Å². The minimum absolute atomic E-state index is 0.105. The van der Waals surface area contributed by atoms with Gasteiger partial charge in [0.2, 0.25) is 0 Å². The Kier molecular flexibility index (Phi) is 4.78. The van der Waals surface area contributed by atoms with Crippen LogP contribution in [-0.2, 0) is 6.42 Å². The summed E-state index contributed by atoms with van der Waals surface area (Å²) in [4.78, 5) is 15.7. The molecule has 1 aromatic heterocycles. The van der Waals surface area contributed by atoms with E-state index in [4.69, 9.17) is 5.73 Å². The highest BCUT2D eigenvalue weighted by molar-refractivity contribution is 7.14. The molecule has 0 aliphatic heterocycles. The topological polar surface area (TPSA) is 46.3 Å². The first-order chi connectivity index (χ1) is 7.19. The second kappa shape index (κ2) is 5.88. The molecule has 1 heterocycles. The highest BCUT2D eigenvalue weighted by Gasteiger charge is 2.12. The van der Waals surface area contributed by atoms with Gasteiger partial charge in [0.15, 0.2) is 0 Å². The molecule has 0 unspecified atom stereocenters. The van der Waals surface area contributed by atoms with Crippen molar-refractivity contribution < 1.29 is 4.79 Å². The van der Waals surface area contributed by atoms with Gasteiger partial charge in [-0.15, -0.1) is 11.3 Å². The number of hydrogen-bond acceptors (Lipinski definition) is 3. The molecule has 0 aromatic carbocycles. The number of aryl methyl sites for hydroxylation is 1. The van der Waals surface area contributed by atoms with Gasteiger partial charge in [-0.05, 0) is 31.5 Å². The number of hydrogen-bond donors (Lipinski definition) is 1. The van der Waals surface area contributed by atoms with Crippen LogP contribution in [0.4, 0.5) is 0 Å². The van der Waals surface area contributed by atoms with Crippen molar-refractivity contribution in [3.63, 3.8) is 0 Å². The van der Waals surface area contributed by atoms with Crippen molar-refractivity contribution in [3.05, 3.63) is 21.9 Å². The molecule has 0 saturated heterocycles. The van der Waals surface area contributed by atoms with E-state index < -0.39 is 0 Å². The first kappa shape index (κ1) is 12.2. The summed E-state index contributed by atoms with van der Waals surface area (Å²) in [7, 11) is 1.82. The predicted octanol–water partition coefficient (Wildman–Crippen LogP) is 1.73. The highest BCUT2D eigenvalue weighted by Crippen LogP contribution is 2.18. The van der Waals surface area contributed by atoms with Gasteiger partial charge in [-0.25, -0.2) is 0 Å². The lowest BCUT2D eigenvalue weighted by Crippen LogP contribution is -2.28. The Morgan fingerprint density at radius 3 is 2.80 bits per heavy atom. The van der Waals surface area contributed by atoms with Crippen LogP contribution in [0.1, 0.15) is 27.9 Å². The van der Waals surface area contributed by atoms with Gasteiger partial charge in [0.1, 0.15) is 0 Å². The molecule has 0 atom stereocenters. The molecule has 0 spiro atoms. The van der Waals surface area contributed by atoms with Gasteiger partial charge in [0, 0.05) is 18.5 Å². The second-order valence-corrected chi connectivity index (χ2v) is 4.66. The van der Waals surface area contributed by atoms with E-state index in [0.29, 0.717) is 6.54 Å². The van der Waals surface area contributed by atoms with Crippen molar-refractivity contribution in [1.82, 2.24) is 4.90 Å². The molecule has 0 bridgehead atoms. The lowest BCUT2D eigenvalue weighted by atomic mass is 10.3. The van der Waals surface area contributed by atoms with Gasteiger partial charge in [0.05, 0.1) is 4.88 Å². The minimum atomic E-state index is 0.105. The number of carbonyl (C=O) groups excluding carboxylic acids is 1. The summed E-state index contributed by atoms with van der Waals surface area (Å²) in [5.74, 6) is 0.105. The van der Waals surface area contributed by atoms with Crippen molar-refractivity contribution in [2.75, 3.05) is 20.1 Å². The summed E-state index contributed by atoms with van der Waals surface area (Å²) in [5.41, 5.74) is 5.41. The van der Waals surface area contributed by atoms with Crippen molar-refractivity contribution >= 4 is 17.2 Å². The average Bonchev–Trinajstić information content (AvgIpc) is 2.73. The van der Waals surface area contributed by atoms with E-state index in [2.05, 4.69) is 6.92 Å². The monoisotopic (exact) mass is 226 g/mol. The normalized spacial score (nSPS) is 10.3. The molecule has 15 heavy (non-hydrogen) atoms. The van der Waals surface area contributed by atoms with Gasteiger partial charge < -0.3 is 10.6 Å². The van der Waals surface area contributed by atoms with Crippen LogP contribution in [0.2, 0.25) is 0 Å². The second-order valence-electron chi connectivity index (χ2n) is 3.49. The van der Waals surface area contributed by atoms with Crippen LogP contribution in [0.25, 0.3) is 0 Å². The van der Waals surface area contributed by atoms with E-state index in [1.807, 2.05) is 19.2 Å². The molecule has 1 aromatic rings. The first-order valence-electron chi connectivity index (χ1n) is 5.23. The molecule has 3 nitrogen and oxygen atoms in total. The summed E-state index contributed by atoms with van der Waals surface area (Å²) < 4.78 is 0. The summed E-state index contributed by atoms with van der Waals surface area (Å²) in [6.45, 7) is 3.45. The molecule has 4 heteroatoms. The first-order valence-corrected chi connectivity index (χ1v) is 6.05. The van der Waals surface area contributed by atoms with Gasteiger partial charge in [-0.1, -0.05) is 6.92 Å². The Balaban J connectivity index is 2.59. The van der Waals surface area contributed by atoms with E-state index in [9.17, 15) is 4.79 Å². The fourth-order valence-electron chi connectivity index (χ4n) is 1.30. The molecule has 1 amide bonds.